The molecule has 1 amide bonds. The number of nitrogens with zero attached hydrogens (tertiary/aromatic N) is 2. The topological polar surface area (TPSA) is 51.2 Å². The van der Waals surface area contributed by atoms with E-state index in [9.17, 15) is 4.79 Å². The molecule has 3 rings (SSSR count). The fraction of sp³-hybridized carbons (Fsp3) is 0.611. The van der Waals surface area contributed by atoms with Gasteiger partial charge >= 0.3 is 6.09 Å². The van der Waals surface area contributed by atoms with Crippen LogP contribution in [0, 0.1) is 0 Å². The molecule has 2 saturated heterocycles. The summed E-state index contributed by atoms with van der Waals surface area (Å²) in [5.41, 5.74) is 1.18. The maximum atomic E-state index is 11.8. The molecular weight excluding hydrogens is 308 g/mol. The molecule has 0 spiro atoms. The van der Waals surface area contributed by atoms with Crippen LogP contribution in [-0.4, -0.2) is 68.2 Å². The van der Waals surface area contributed by atoms with Gasteiger partial charge < -0.3 is 9.47 Å². The second-order valence-corrected chi connectivity index (χ2v) is 6.24. The molecule has 1 atom stereocenters. The Kier molecular flexibility index (Phi) is 6.46. The summed E-state index contributed by atoms with van der Waals surface area (Å²) >= 11 is 0. The van der Waals surface area contributed by atoms with Crippen LogP contribution in [0.3, 0.4) is 0 Å². The molecule has 132 valence electrons. The minimum Gasteiger partial charge on any atom is -0.446 e. The summed E-state index contributed by atoms with van der Waals surface area (Å²) in [4.78, 5) is 20.0. The van der Waals surface area contributed by atoms with Crippen LogP contribution in [0.15, 0.2) is 30.3 Å². The lowest BCUT2D eigenvalue weighted by Crippen LogP contribution is -2.37. The summed E-state index contributed by atoms with van der Waals surface area (Å²) in [5, 5.41) is 1.42. The Hall–Kier alpha value is -1.63. The number of benzene rings is 1. The molecule has 0 saturated carbocycles. The molecule has 0 aromatic heterocycles. The summed E-state index contributed by atoms with van der Waals surface area (Å²) < 4.78 is 10.5. The third-order valence-corrected chi connectivity index (χ3v) is 4.43. The summed E-state index contributed by atoms with van der Waals surface area (Å²) in [5.74, 6) is 0. The van der Waals surface area contributed by atoms with E-state index in [0.29, 0.717) is 13.2 Å². The number of hydrogen-bond acceptors (Lipinski definition) is 5. The van der Waals surface area contributed by atoms with Crippen molar-refractivity contribution in [3.05, 3.63) is 35.9 Å². The molecule has 0 N–H and O–H groups in total. The number of carbonyl (C=O) groups excluding carboxylic acids is 1. The van der Waals surface area contributed by atoms with Crippen LogP contribution >= 0.6 is 0 Å². The quantitative estimate of drug-likeness (QED) is 0.682. The van der Waals surface area contributed by atoms with E-state index in [1.165, 1.54) is 10.6 Å². The van der Waals surface area contributed by atoms with Crippen molar-refractivity contribution >= 4 is 6.09 Å². The van der Waals surface area contributed by atoms with Gasteiger partial charge in [-0.2, -0.15) is 5.06 Å². The molecule has 6 heteroatoms. The fourth-order valence-electron chi connectivity index (χ4n) is 3.06. The highest BCUT2D eigenvalue weighted by atomic mass is 16.7. The minimum absolute atomic E-state index is 0.0425. The highest BCUT2D eigenvalue weighted by molar-refractivity contribution is 5.68. The molecule has 0 radical (unpaired) electrons. The zero-order valence-corrected chi connectivity index (χ0v) is 14.1. The molecule has 24 heavy (non-hydrogen) atoms. The van der Waals surface area contributed by atoms with E-state index in [1.807, 2.05) is 18.2 Å². The van der Waals surface area contributed by atoms with E-state index in [-0.39, 0.29) is 12.1 Å². The van der Waals surface area contributed by atoms with E-state index in [4.69, 9.17) is 14.3 Å². The van der Waals surface area contributed by atoms with Crippen LogP contribution in [0.25, 0.3) is 0 Å². The number of hydroxylamine groups is 2. The Morgan fingerprint density at radius 1 is 1.12 bits per heavy atom. The average Bonchev–Trinajstić information content (AvgIpc) is 2.96. The molecule has 0 aliphatic carbocycles. The van der Waals surface area contributed by atoms with E-state index in [2.05, 4.69) is 17.0 Å². The van der Waals surface area contributed by atoms with Gasteiger partial charge in [-0.1, -0.05) is 30.3 Å². The zero-order valence-electron chi connectivity index (χ0n) is 14.1. The minimum atomic E-state index is -0.371. The van der Waals surface area contributed by atoms with Gasteiger partial charge in [-0.25, -0.2) is 4.79 Å². The zero-order chi connectivity index (χ0) is 16.6. The number of cyclic esters (lactones) is 1. The Labute approximate surface area is 143 Å². The molecule has 1 aromatic rings. The smallest absolute Gasteiger partial charge is 0.434 e. The van der Waals surface area contributed by atoms with E-state index in [0.717, 1.165) is 52.1 Å². The third-order valence-electron chi connectivity index (χ3n) is 4.43. The van der Waals surface area contributed by atoms with Gasteiger partial charge in [0.15, 0.2) is 0 Å². The number of morpholine rings is 1. The van der Waals surface area contributed by atoms with Crippen LogP contribution in [-0.2, 0) is 20.7 Å². The molecule has 1 aromatic carbocycles. The molecule has 6 nitrogen and oxygen atoms in total. The standard InChI is InChI=1S/C18H26N2O4/c21-18-20(17(15-23-18)14-16-6-2-1-3-7-16)24-11-5-4-8-19-9-12-22-13-10-19/h1-3,6-7,17H,4-5,8-15H2/t17-/m0/s1. The molecular formula is C18H26N2O4. The fourth-order valence-corrected chi connectivity index (χ4v) is 3.06. The van der Waals surface area contributed by atoms with Gasteiger partial charge in [0.2, 0.25) is 0 Å². The van der Waals surface area contributed by atoms with Gasteiger partial charge in [0, 0.05) is 13.1 Å². The number of unbranched alkanes of at least 4 members (excludes halogenated alkanes) is 1. The molecule has 0 bridgehead atoms. The van der Waals surface area contributed by atoms with Crippen molar-refractivity contribution in [1.82, 2.24) is 9.96 Å². The highest BCUT2D eigenvalue weighted by Crippen LogP contribution is 2.18. The first-order valence-corrected chi connectivity index (χ1v) is 8.76. The molecule has 2 fully saturated rings. The molecule has 2 heterocycles. The summed E-state index contributed by atoms with van der Waals surface area (Å²) in [6.45, 7) is 5.68. The Bertz CT molecular complexity index is 505. The summed E-state index contributed by atoms with van der Waals surface area (Å²) in [6.07, 6.45) is 2.37. The van der Waals surface area contributed by atoms with Crippen molar-refractivity contribution in [1.29, 1.82) is 0 Å². The Balaban J connectivity index is 1.37. The Morgan fingerprint density at radius 2 is 1.92 bits per heavy atom. The van der Waals surface area contributed by atoms with E-state index in [1.54, 1.807) is 0 Å². The van der Waals surface area contributed by atoms with Gasteiger partial charge in [0.25, 0.3) is 0 Å². The molecule has 0 unspecified atom stereocenters. The third kappa shape index (κ3) is 4.93. The van der Waals surface area contributed by atoms with Gasteiger partial charge in [0.1, 0.15) is 12.6 Å². The number of rotatable bonds is 8. The van der Waals surface area contributed by atoms with Crippen LogP contribution in [0.2, 0.25) is 0 Å². The van der Waals surface area contributed by atoms with Crippen molar-refractivity contribution in [2.24, 2.45) is 0 Å². The van der Waals surface area contributed by atoms with Gasteiger partial charge in [-0.15, -0.1) is 0 Å². The number of carbonyl (C=O) groups is 1. The van der Waals surface area contributed by atoms with Crippen molar-refractivity contribution in [2.45, 2.75) is 25.3 Å². The second-order valence-electron chi connectivity index (χ2n) is 6.24. The second kappa shape index (κ2) is 9.01. The highest BCUT2D eigenvalue weighted by Gasteiger charge is 2.34. The van der Waals surface area contributed by atoms with Gasteiger partial charge in [-0.3, -0.25) is 9.74 Å². The lowest BCUT2D eigenvalue weighted by atomic mass is 10.1. The maximum Gasteiger partial charge on any atom is 0.434 e. The average molecular weight is 334 g/mol. The van der Waals surface area contributed by atoms with Crippen LogP contribution < -0.4 is 0 Å². The van der Waals surface area contributed by atoms with Gasteiger partial charge in [-0.05, 0) is 31.4 Å². The van der Waals surface area contributed by atoms with Crippen LogP contribution in [0.1, 0.15) is 18.4 Å². The first-order chi connectivity index (χ1) is 11.8. The summed E-state index contributed by atoms with van der Waals surface area (Å²) in [7, 11) is 0. The lowest BCUT2D eigenvalue weighted by Gasteiger charge is -2.26. The SMILES string of the molecule is O=C1OC[C@H](Cc2ccccc2)N1OCCCCN1CCOCC1. The maximum absolute atomic E-state index is 11.8. The first kappa shape index (κ1) is 17.2. The van der Waals surface area contributed by atoms with Crippen LogP contribution in [0.5, 0.6) is 0 Å². The first-order valence-electron chi connectivity index (χ1n) is 8.76. The monoisotopic (exact) mass is 334 g/mol. The van der Waals surface area contributed by atoms with Crippen molar-refractivity contribution < 1.29 is 19.1 Å². The van der Waals surface area contributed by atoms with E-state index < -0.39 is 0 Å². The summed E-state index contributed by atoms with van der Waals surface area (Å²) in [6, 6.07) is 10.1. The number of amides is 1. The van der Waals surface area contributed by atoms with Crippen molar-refractivity contribution in [3.8, 4) is 0 Å². The molecule has 2 aliphatic rings. The van der Waals surface area contributed by atoms with Crippen molar-refractivity contribution in [2.75, 3.05) is 46.1 Å². The predicted molar refractivity (Wildman–Crippen MR) is 89.6 cm³/mol. The number of ether oxygens (including phenoxy) is 2. The van der Waals surface area contributed by atoms with E-state index >= 15 is 0 Å². The normalized spacial score (nSPS) is 21.9. The lowest BCUT2D eigenvalue weighted by molar-refractivity contribution is -0.131. The Morgan fingerprint density at radius 3 is 2.71 bits per heavy atom. The largest absolute Gasteiger partial charge is 0.446 e. The van der Waals surface area contributed by atoms with Crippen LogP contribution in [0.4, 0.5) is 4.79 Å². The number of hydrogen-bond donors (Lipinski definition) is 0. The molecule has 2 aliphatic heterocycles. The van der Waals surface area contributed by atoms with Gasteiger partial charge in [0.05, 0.1) is 19.8 Å². The predicted octanol–water partition coefficient (Wildman–Crippen LogP) is 2.09. The van der Waals surface area contributed by atoms with Crippen molar-refractivity contribution in [3.63, 3.8) is 0 Å².